The van der Waals surface area contributed by atoms with Crippen molar-refractivity contribution in [3.05, 3.63) is 35.6 Å². The van der Waals surface area contributed by atoms with Gasteiger partial charge in [0.05, 0.1) is 5.41 Å². The fourth-order valence-corrected chi connectivity index (χ4v) is 1.83. The molecule has 0 saturated heterocycles. The van der Waals surface area contributed by atoms with E-state index in [0.29, 0.717) is 5.56 Å². The van der Waals surface area contributed by atoms with Crippen LogP contribution in [-0.2, 0) is 19.7 Å². The van der Waals surface area contributed by atoms with Crippen molar-refractivity contribution in [1.82, 2.24) is 5.32 Å². The third-order valence-electron chi connectivity index (χ3n) is 3.35. The minimum absolute atomic E-state index is 0.178. The number of benzene rings is 1. The Kier molecular flexibility index (Phi) is 5.84. The van der Waals surface area contributed by atoms with Gasteiger partial charge in [-0.2, -0.15) is 0 Å². The molecule has 2 N–H and O–H groups in total. The molecule has 1 aromatic rings. The Bertz CT molecular complexity index is 499. The van der Waals surface area contributed by atoms with E-state index in [0.717, 1.165) is 0 Å². The van der Waals surface area contributed by atoms with Crippen molar-refractivity contribution < 1.29 is 23.8 Å². The summed E-state index contributed by atoms with van der Waals surface area (Å²) >= 11 is 0. The highest BCUT2D eigenvalue weighted by molar-refractivity contribution is 5.90. The zero-order valence-corrected chi connectivity index (χ0v) is 12.4. The number of ether oxygens (including phenoxy) is 1. The van der Waals surface area contributed by atoms with Gasteiger partial charge < -0.3 is 15.2 Å². The van der Waals surface area contributed by atoms with Crippen LogP contribution in [0.5, 0.6) is 0 Å². The second kappa shape index (κ2) is 7.17. The average Bonchev–Trinajstić information content (AvgIpc) is 2.43. The Morgan fingerprint density at radius 3 is 2.38 bits per heavy atom. The maximum atomic E-state index is 12.9. The van der Waals surface area contributed by atoms with Gasteiger partial charge in [0.15, 0.2) is 0 Å². The SMILES string of the molecule is COCCC(NC(=O)C(C)(C)c1ccc(F)cc1)C(=O)O. The lowest BCUT2D eigenvalue weighted by atomic mass is 9.83. The molecule has 5 nitrogen and oxygen atoms in total. The fraction of sp³-hybridized carbons (Fsp3) is 0.467. The zero-order valence-electron chi connectivity index (χ0n) is 12.4. The van der Waals surface area contributed by atoms with Crippen LogP contribution in [-0.4, -0.2) is 36.7 Å². The first-order valence-electron chi connectivity index (χ1n) is 6.57. The predicted octanol–water partition coefficient (Wildman–Crippen LogP) is 1.71. The Hall–Kier alpha value is -1.95. The van der Waals surface area contributed by atoms with Gasteiger partial charge in [-0.25, -0.2) is 9.18 Å². The summed E-state index contributed by atoms with van der Waals surface area (Å²) in [6.07, 6.45) is 0.178. The number of carboxylic acids is 1. The molecule has 0 spiro atoms. The summed E-state index contributed by atoms with van der Waals surface area (Å²) < 4.78 is 17.8. The Morgan fingerprint density at radius 1 is 1.33 bits per heavy atom. The van der Waals surface area contributed by atoms with Gasteiger partial charge in [-0.3, -0.25) is 4.79 Å². The lowest BCUT2D eigenvalue weighted by Crippen LogP contribution is -2.48. The van der Waals surface area contributed by atoms with Gasteiger partial charge in [0, 0.05) is 20.1 Å². The molecule has 1 atom stereocenters. The second-order valence-electron chi connectivity index (χ2n) is 5.28. The predicted molar refractivity (Wildman–Crippen MR) is 75.5 cm³/mol. The maximum absolute atomic E-state index is 12.9. The highest BCUT2D eigenvalue weighted by atomic mass is 19.1. The minimum Gasteiger partial charge on any atom is -0.480 e. The topological polar surface area (TPSA) is 75.6 Å². The molecule has 0 aliphatic rings. The van der Waals surface area contributed by atoms with Crippen molar-refractivity contribution in [2.75, 3.05) is 13.7 Å². The molecule has 0 aromatic heterocycles. The first kappa shape index (κ1) is 17.1. The van der Waals surface area contributed by atoms with Crippen LogP contribution in [0.3, 0.4) is 0 Å². The van der Waals surface area contributed by atoms with E-state index < -0.39 is 29.2 Å². The van der Waals surface area contributed by atoms with Gasteiger partial charge >= 0.3 is 5.97 Å². The van der Waals surface area contributed by atoms with E-state index in [9.17, 15) is 14.0 Å². The number of hydrogen-bond donors (Lipinski definition) is 2. The lowest BCUT2D eigenvalue weighted by molar-refractivity contribution is -0.143. The van der Waals surface area contributed by atoms with E-state index in [-0.39, 0.29) is 13.0 Å². The summed E-state index contributed by atoms with van der Waals surface area (Å²) in [5.41, 5.74) is -0.355. The number of carbonyl (C=O) groups excluding carboxylic acids is 1. The molecular weight excluding hydrogens is 277 g/mol. The number of methoxy groups -OCH3 is 1. The Labute approximate surface area is 123 Å². The summed E-state index contributed by atoms with van der Waals surface area (Å²) in [5.74, 6) is -1.94. The quantitative estimate of drug-likeness (QED) is 0.803. The van der Waals surface area contributed by atoms with Gasteiger partial charge in [0.2, 0.25) is 5.91 Å². The molecule has 0 fully saturated rings. The first-order valence-corrected chi connectivity index (χ1v) is 6.57. The molecular formula is C15H20FNO4. The third-order valence-corrected chi connectivity index (χ3v) is 3.35. The van der Waals surface area contributed by atoms with Gasteiger partial charge in [-0.05, 0) is 31.5 Å². The van der Waals surface area contributed by atoms with Crippen molar-refractivity contribution in [3.63, 3.8) is 0 Å². The molecule has 0 saturated carbocycles. The molecule has 0 aliphatic carbocycles. The molecule has 0 aliphatic heterocycles. The number of amides is 1. The zero-order chi connectivity index (χ0) is 16.0. The molecule has 116 valence electrons. The van der Waals surface area contributed by atoms with Crippen molar-refractivity contribution in [2.45, 2.75) is 31.7 Å². The summed E-state index contributed by atoms with van der Waals surface area (Å²) in [5, 5.41) is 11.6. The fourth-order valence-electron chi connectivity index (χ4n) is 1.83. The largest absolute Gasteiger partial charge is 0.480 e. The number of aliphatic carboxylic acids is 1. The van der Waals surface area contributed by atoms with Gasteiger partial charge in [0.25, 0.3) is 0 Å². The molecule has 0 radical (unpaired) electrons. The number of hydrogen-bond acceptors (Lipinski definition) is 3. The normalized spacial score (nSPS) is 12.8. The van der Waals surface area contributed by atoms with Crippen LogP contribution in [0.15, 0.2) is 24.3 Å². The monoisotopic (exact) mass is 297 g/mol. The molecule has 1 rings (SSSR count). The van der Waals surface area contributed by atoms with Crippen LogP contribution in [0.4, 0.5) is 4.39 Å². The summed E-state index contributed by atoms with van der Waals surface area (Å²) in [4.78, 5) is 23.4. The van der Waals surface area contributed by atoms with Gasteiger partial charge in [-0.15, -0.1) is 0 Å². The number of halogens is 1. The number of carbonyl (C=O) groups is 2. The minimum atomic E-state index is -1.12. The van der Waals surface area contributed by atoms with E-state index in [4.69, 9.17) is 9.84 Å². The standard InChI is InChI=1S/C15H20FNO4/c1-15(2,10-4-6-11(16)7-5-10)14(20)17-12(13(18)19)8-9-21-3/h4-7,12H,8-9H2,1-3H3,(H,17,20)(H,18,19). The second-order valence-corrected chi connectivity index (χ2v) is 5.28. The van der Waals surface area contributed by atoms with E-state index in [1.54, 1.807) is 13.8 Å². The number of carboxylic acid groups (broad SMARTS) is 1. The van der Waals surface area contributed by atoms with Crippen LogP contribution in [0.25, 0.3) is 0 Å². The molecule has 1 aromatic carbocycles. The Balaban J connectivity index is 2.84. The van der Waals surface area contributed by atoms with Gasteiger partial charge in [0.1, 0.15) is 11.9 Å². The van der Waals surface area contributed by atoms with Crippen LogP contribution >= 0.6 is 0 Å². The number of rotatable bonds is 7. The first-order chi connectivity index (χ1) is 9.78. The molecule has 0 heterocycles. The van der Waals surface area contributed by atoms with Crippen molar-refractivity contribution in [2.24, 2.45) is 0 Å². The van der Waals surface area contributed by atoms with Crippen molar-refractivity contribution in [1.29, 1.82) is 0 Å². The Morgan fingerprint density at radius 2 is 1.90 bits per heavy atom. The highest BCUT2D eigenvalue weighted by Gasteiger charge is 2.32. The van der Waals surface area contributed by atoms with Crippen LogP contribution in [0, 0.1) is 5.82 Å². The smallest absolute Gasteiger partial charge is 0.326 e. The lowest BCUT2D eigenvalue weighted by Gasteiger charge is -2.26. The molecule has 6 heteroatoms. The van der Waals surface area contributed by atoms with Crippen LogP contribution in [0.2, 0.25) is 0 Å². The van der Waals surface area contributed by atoms with Crippen molar-refractivity contribution >= 4 is 11.9 Å². The van der Waals surface area contributed by atoms with E-state index in [1.165, 1.54) is 31.4 Å². The van der Waals surface area contributed by atoms with E-state index >= 15 is 0 Å². The summed E-state index contributed by atoms with van der Waals surface area (Å²) in [6.45, 7) is 3.55. The maximum Gasteiger partial charge on any atom is 0.326 e. The highest BCUT2D eigenvalue weighted by Crippen LogP contribution is 2.24. The summed E-state index contributed by atoms with van der Waals surface area (Å²) in [6, 6.07) is 4.55. The van der Waals surface area contributed by atoms with Crippen LogP contribution in [0.1, 0.15) is 25.8 Å². The summed E-state index contributed by atoms with van der Waals surface area (Å²) in [7, 11) is 1.46. The average molecular weight is 297 g/mol. The molecule has 1 amide bonds. The molecule has 21 heavy (non-hydrogen) atoms. The van der Waals surface area contributed by atoms with Gasteiger partial charge in [-0.1, -0.05) is 12.1 Å². The molecule has 0 bridgehead atoms. The molecule has 1 unspecified atom stereocenters. The van der Waals surface area contributed by atoms with E-state index in [2.05, 4.69) is 5.32 Å². The van der Waals surface area contributed by atoms with Crippen LogP contribution < -0.4 is 5.32 Å². The third kappa shape index (κ3) is 4.53. The number of nitrogens with one attached hydrogen (secondary N) is 1. The van der Waals surface area contributed by atoms with Crippen molar-refractivity contribution in [3.8, 4) is 0 Å². The van der Waals surface area contributed by atoms with E-state index in [1.807, 2.05) is 0 Å².